The smallest absolute Gasteiger partial charge is 0.348 e. The minimum atomic E-state index is -4.55. The number of carbonyl (C=O) groups is 1. The van der Waals surface area contributed by atoms with E-state index in [1.54, 1.807) is 21.8 Å². The molecule has 6 aromatic rings. The molecule has 1 amide bonds. The number of nitrogens with one attached hydrogen (secondary N) is 1. The van der Waals surface area contributed by atoms with Crippen molar-refractivity contribution in [1.29, 1.82) is 0 Å². The maximum atomic E-state index is 14.0. The van der Waals surface area contributed by atoms with Gasteiger partial charge in [-0.2, -0.15) is 23.4 Å². The second-order valence-electron chi connectivity index (χ2n) is 9.26. The fraction of sp³-hybridized carbons (Fsp3) is 0.148. The zero-order chi connectivity index (χ0) is 26.7. The first kappa shape index (κ1) is 23.1. The van der Waals surface area contributed by atoms with Crippen LogP contribution in [-0.4, -0.2) is 51.5 Å². The van der Waals surface area contributed by atoms with Gasteiger partial charge in [-0.3, -0.25) is 9.78 Å². The number of halogens is 3. The van der Waals surface area contributed by atoms with Crippen LogP contribution >= 0.6 is 0 Å². The van der Waals surface area contributed by atoms with E-state index in [9.17, 15) is 18.0 Å². The second kappa shape index (κ2) is 8.51. The van der Waals surface area contributed by atoms with Crippen LogP contribution in [0.15, 0.2) is 79.6 Å². The van der Waals surface area contributed by atoms with Gasteiger partial charge in [0.05, 0.1) is 51.8 Å². The molecule has 9 nitrogen and oxygen atoms in total. The second-order valence-corrected chi connectivity index (χ2v) is 9.26. The third kappa shape index (κ3) is 3.75. The number of aromatic amines is 1. The van der Waals surface area contributed by atoms with Crippen molar-refractivity contribution in [3.8, 4) is 11.3 Å². The highest BCUT2D eigenvalue weighted by Crippen LogP contribution is 2.37. The Morgan fingerprint density at radius 3 is 2.74 bits per heavy atom. The zero-order valence-corrected chi connectivity index (χ0v) is 20.2. The third-order valence-corrected chi connectivity index (χ3v) is 7.00. The van der Waals surface area contributed by atoms with Crippen molar-refractivity contribution >= 4 is 16.9 Å². The Morgan fingerprint density at radius 2 is 1.92 bits per heavy atom. The number of nitrogens with zero attached hydrogens (tertiary/aromatic N) is 7. The predicted octanol–water partition coefficient (Wildman–Crippen LogP) is 4.57. The number of rotatable bonds is 3. The van der Waals surface area contributed by atoms with Gasteiger partial charge in [-0.05, 0) is 42.5 Å². The summed E-state index contributed by atoms with van der Waals surface area (Å²) >= 11 is 0. The average Bonchev–Trinajstić information content (AvgIpc) is 3.69. The molecule has 0 aromatic carbocycles. The Labute approximate surface area is 218 Å². The molecule has 1 atom stereocenters. The van der Waals surface area contributed by atoms with Gasteiger partial charge >= 0.3 is 6.18 Å². The highest BCUT2D eigenvalue weighted by atomic mass is 19.4. The average molecular weight is 528 g/mol. The summed E-state index contributed by atoms with van der Waals surface area (Å²) in [6.45, 7) is 0.321. The number of hydrogen-bond donors (Lipinski definition) is 1. The topological polar surface area (TPSA) is 96.5 Å². The van der Waals surface area contributed by atoms with E-state index in [0.29, 0.717) is 35.4 Å². The van der Waals surface area contributed by atoms with Crippen molar-refractivity contribution in [1.82, 2.24) is 39.1 Å². The van der Waals surface area contributed by atoms with Crippen LogP contribution in [0.25, 0.3) is 22.3 Å². The van der Waals surface area contributed by atoms with E-state index in [-0.39, 0.29) is 11.4 Å². The first-order valence-corrected chi connectivity index (χ1v) is 12.2. The molecule has 1 unspecified atom stereocenters. The number of pyridine rings is 3. The Morgan fingerprint density at radius 1 is 1.03 bits per heavy atom. The number of fused-ring (bicyclic) bond motifs is 3. The summed E-state index contributed by atoms with van der Waals surface area (Å²) in [4.78, 5) is 27.5. The van der Waals surface area contributed by atoms with E-state index < -0.39 is 17.8 Å². The number of hydrogen-bond acceptors (Lipinski definition) is 5. The van der Waals surface area contributed by atoms with Crippen LogP contribution in [0.4, 0.5) is 13.2 Å². The van der Waals surface area contributed by atoms with Gasteiger partial charge in [-0.15, -0.1) is 0 Å². The summed E-state index contributed by atoms with van der Waals surface area (Å²) < 4.78 is 43.9. The minimum Gasteiger partial charge on any atom is -0.348 e. The number of H-pyrrole nitrogens is 1. The van der Waals surface area contributed by atoms with Crippen LogP contribution in [0.1, 0.15) is 39.0 Å². The van der Waals surface area contributed by atoms with Gasteiger partial charge in [0.15, 0.2) is 0 Å². The van der Waals surface area contributed by atoms with Crippen molar-refractivity contribution in [3.05, 3.63) is 108 Å². The van der Waals surface area contributed by atoms with Gasteiger partial charge in [-0.25, -0.2) is 14.0 Å². The maximum absolute atomic E-state index is 14.0. The fourth-order valence-corrected chi connectivity index (χ4v) is 5.19. The molecule has 7 rings (SSSR count). The van der Waals surface area contributed by atoms with Crippen molar-refractivity contribution in [2.75, 3.05) is 6.54 Å². The minimum absolute atomic E-state index is 0.0897. The molecule has 0 saturated carbocycles. The standard InChI is InChI=1S/C27H19F3N8O/c28-27(29,30)18-4-3-10-37-23(18)12-21(35-37)25-24-20(32-15-33-24)8-11-36(25)26(39)17-13-34-38-14-16(6-7-22(17)38)19-5-1-2-9-31-19/h1-7,9-10,12-15,25H,8,11H2,(H,32,33). The Hall–Kier alpha value is -5.00. The molecule has 1 aliphatic rings. The molecule has 194 valence electrons. The van der Waals surface area contributed by atoms with Crippen LogP contribution in [-0.2, 0) is 12.6 Å². The van der Waals surface area contributed by atoms with Crippen molar-refractivity contribution in [3.63, 3.8) is 0 Å². The molecule has 0 spiro atoms. The van der Waals surface area contributed by atoms with Crippen LogP contribution in [0, 0.1) is 0 Å². The van der Waals surface area contributed by atoms with Crippen LogP contribution < -0.4 is 0 Å². The van der Waals surface area contributed by atoms with E-state index >= 15 is 0 Å². The van der Waals surface area contributed by atoms with Crippen molar-refractivity contribution in [2.45, 2.75) is 18.6 Å². The van der Waals surface area contributed by atoms with E-state index in [4.69, 9.17) is 0 Å². The van der Waals surface area contributed by atoms with Crippen molar-refractivity contribution < 1.29 is 18.0 Å². The monoisotopic (exact) mass is 528 g/mol. The number of amides is 1. The summed E-state index contributed by atoms with van der Waals surface area (Å²) in [5.41, 5.74) is 3.35. The van der Waals surface area contributed by atoms with E-state index in [0.717, 1.165) is 23.0 Å². The molecule has 0 fully saturated rings. The molecule has 6 aromatic heterocycles. The summed E-state index contributed by atoms with van der Waals surface area (Å²) in [6.07, 6.45) is 3.95. The van der Waals surface area contributed by atoms with Gasteiger partial charge in [0.25, 0.3) is 5.91 Å². The predicted molar refractivity (Wildman–Crippen MR) is 134 cm³/mol. The van der Waals surface area contributed by atoms with E-state index in [2.05, 4.69) is 25.1 Å². The summed E-state index contributed by atoms with van der Waals surface area (Å²) in [7, 11) is 0. The molecule has 1 N–H and O–H groups in total. The van der Waals surface area contributed by atoms with Gasteiger partial charge < -0.3 is 9.88 Å². The van der Waals surface area contributed by atoms with Crippen LogP contribution in [0.3, 0.4) is 0 Å². The lowest BCUT2D eigenvalue weighted by atomic mass is 9.98. The normalized spacial score (nSPS) is 15.7. The lowest BCUT2D eigenvalue weighted by molar-refractivity contribution is -0.136. The number of imidazole rings is 1. The molecule has 0 saturated heterocycles. The maximum Gasteiger partial charge on any atom is 0.418 e. The zero-order valence-electron chi connectivity index (χ0n) is 20.2. The lowest BCUT2D eigenvalue weighted by Gasteiger charge is -2.33. The number of alkyl halides is 3. The first-order valence-electron chi connectivity index (χ1n) is 12.2. The van der Waals surface area contributed by atoms with Gasteiger partial charge in [0.2, 0.25) is 0 Å². The SMILES string of the molecule is O=C(c1cnn2cc(-c3ccccn3)ccc12)N1CCc2[nH]cnc2C1c1cc2c(C(F)(F)F)cccn2n1. The van der Waals surface area contributed by atoms with Gasteiger partial charge in [0, 0.05) is 42.8 Å². The van der Waals surface area contributed by atoms with Crippen LogP contribution in [0.5, 0.6) is 0 Å². The highest BCUT2D eigenvalue weighted by molar-refractivity contribution is 6.01. The molecule has 7 heterocycles. The number of aromatic nitrogens is 7. The molecular formula is C27H19F3N8O. The first-order chi connectivity index (χ1) is 18.9. The van der Waals surface area contributed by atoms with E-state index in [1.807, 2.05) is 30.3 Å². The molecular weight excluding hydrogens is 509 g/mol. The van der Waals surface area contributed by atoms with E-state index in [1.165, 1.54) is 35.4 Å². The quantitative estimate of drug-likeness (QED) is 0.363. The van der Waals surface area contributed by atoms with Crippen molar-refractivity contribution in [2.24, 2.45) is 0 Å². The summed E-state index contributed by atoms with van der Waals surface area (Å²) in [5, 5.41) is 8.85. The molecule has 1 aliphatic heterocycles. The number of carbonyl (C=O) groups excluding carboxylic acids is 1. The Kier molecular flexibility index (Phi) is 5.05. The van der Waals surface area contributed by atoms with Crippen LogP contribution in [0.2, 0.25) is 0 Å². The molecule has 12 heteroatoms. The summed E-state index contributed by atoms with van der Waals surface area (Å²) in [6, 6.07) is 12.2. The van der Waals surface area contributed by atoms with Gasteiger partial charge in [0.1, 0.15) is 6.04 Å². The Bertz CT molecular complexity index is 1850. The molecule has 0 aliphatic carbocycles. The molecule has 39 heavy (non-hydrogen) atoms. The largest absolute Gasteiger partial charge is 0.418 e. The molecule has 0 bridgehead atoms. The lowest BCUT2D eigenvalue weighted by Crippen LogP contribution is -2.41. The highest BCUT2D eigenvalue weighted by Gasteiger charge is 2.39. The molecule has 0 radical (unpaired) electrons. The van der Waals surface area contributed by atoms with Gasteiger partial charge in [-0.1, -0.05) is 6.07 Å². The third-order valence-electron chi connectivity index (χ3n) is 7.00. The fourth-order valence-electron chi connectivity index (χ4n) is 5.19. The Balaban J connectivity index is 1.31. The summed E-state index contributed by atoms with van der Waals surface area (Å²) in [5.74, 6) is -0.317.